The number of rotatable bonds is 8. The number of carbonyl (C=O) groups is 1. The number of thiazole rings is 1. The average Bonchev–Trinajstić information content (AvgIpc) is 2.94. The van der Waals surface area contributed by atoms with Gasteiger partial charge in [0.1, 0.15) is 5.01 Å². The number of aromatic nitrogens is 1. The van der Waals surface area contributed by atoms with E-state index in [1.807, 2.05) is 44.2 Å². The number of hydrogen-bond donors (Lipinski definition) is 2. The van der Waals surface area contributed by atoms with Crippen LogP contribution in [0.4, 0.5) is 0 Å². The summed E-state index contributed by atoms with van der Waals surface area (Å²) in [6.07, 6.45) is 0. The van der Waals surface area contributed by atoms with Gasteiger partial charge in [-0.2, -0.15) is 0 Å². The lowest BCUT2D eigenvalue weighted by Crippen LogP contribution is -2.36. The van der Waals surface area contributed by atoms with Gasteiger partial charge in [-0.3, -0.25) is 4.79 Å². The molecule has 0 bridgehead atoms. The van der Waals surface area contributed by atoms with E-state index < -0.39 is 0 Å². The van der Waals surface area contributed by atoms with Gasteiger partial charge in [-0.15, -0.1) is 11.3 Å². The fourth-order valence-corrected chi connectivity index (χ4v) is 3.32. The lowest BCUT2D eigenvalue weighted by Gasteiger charge is -2.13. The summed E-state index contributed by atoms with van der Waals surface area (Å²) < 4.78 is 4.93. The highest BCUT2D eigenvalue weighted by Gasteiger charge is 2.16. The molecule has 0 radical (unpaired) electrons. The summed E-state index contributed by atoms with van der Waals surface area (Å²) in [5, 5.41) is 7.03. The Morgan fingerprint density at radius 2 is 2.09 bits per heavy atom. The van der Waals surface area contributed by atoms with Gasteiger partial charge >= 0.3 is 0 Å². The van der Waals surface area contributed by atoms with Crippen LogP contribution in [0.15, 0.2) is 30.3 Å². The summed E-state index contributed by atoms with van der Waals surface area (Å²) in [6, 6.07) is 10.0. The van der Waals surface area contributed by atoms with Crippen molar-refractivity contribution in [1.29, 1.82) is 0 Å². The van der Waals surface area contributed by atoms with Crippen LogP contribution in [0, 0.1) is 6.92 Å². The van der Waals surface area contributed by atoms with Crippen LogP contribution in [0.1, 0.15) is 23.5 Å². The minimum Gasteiger partial charge on any atom is -0.383 e. The summed E-state index contributed by atoms with van der Waals surface area (Å²) in [4.78, 5) is 17.7. The van der Waals surface area contributed by atoms with Gasteiger partial charge in [-0.1, -0.05) is 30.3 Å². The first-order chi connectivity index (χ1) is 11.1. The number of methoxy groups -OCH3 is 1. The summed E-state index contributed by atoms with van der Waals surface area (Å²) in [7, 11) is 1.64. The maximum atomic E-state index is 11.9. The normalized spacial score (nSPS) is 12.1. The molecule has 0 fully saturated rings. The predicted molar refractivity (Wildman–Crippen MR) is 93.6 cm³/mol. The van der Waals surface area contributed by atoms with Gasteiger partial charge in [0.15, 0.2) is 0 Å². The Kier molecular flexibility index (Phi) is 6.70. The summed E-state index contributed by atoms with van der Waals surface area (Å²) in [6.45, 7) is 5.52. The first-order valence-electron chi connectivity index (χ1n) is 7.63. The van der Waals surface area contributed by atoms with Gasteiger partial charge in [-0.05, 0) is 13.8 Å². The third-order valence-electron chi connectivity index (χ3n) is 3.39. The van der Waals surface area contributed by atoms with E-state index in [0.717, 1.165) is 21.1 Å². The lowest BCUT2D eigenvalue weighted by atomic mass is 10.2. The van der Waals surface area contributed by atoms with Gasteiger partial charge < -0.3 is 15.4 Å². The zero-order valence-electron chi connectivity index (χ0n) is 13.8. The molecule has 0 spiro atoms. The second-order valence-corrected chi connectivity index (χ2v) is 6.32. The second kappa shape index (κ2) is 8.76. The van der Waals surface area contributed by atoms with E-state index >= 15 is 0 Å². The third kappa shape index (κ3) is 5.13. The standard InChI is InChI=1S/C17H23N3O2S/c1-12(19-15(21)11-18-9-10-22-3)16-13(2)20-17(23-16)14-7-5-4-6-8-14/h4-8,12,18H,9-11H2,1-3H3,(H,19,21). The monoisotopic (exact) mass is 333 g/mol. The van der Waals surface area contributed by atoms with Crippen molar-refractivity contribution in [2.75, 3.05) is 26.8 Å². The Hall–Kier alpha value is -1.76. The van der Waals surface area contributed by atoms with Crippen molar-refractivity contribution in [2.45, 2.75) is 19.9 Å². The Morgan fingerprint density at radius 1 is 1.35 bits per heavy atom. The molecule has 2 N–H and O–H groups in total. The van der Waals surface area contributed by atoms with Crippen molar-refractivity contribution < 1.29 is 9.53 Å². The van der Waals surface area contributed by atoms with Crippen LogP contribution in [0.25, 0.3) is 10.6 Å². The minimum absolute atomic E-state index is 0.0253. The largest absolute Gasteiger partial charge is 0.383 e. The number of hydrogen-bond acceptors (Lipinski definition) is 5. The van der Waals surface area contributed by atoms with Crippen LogP contribution in [0.2, 0.25) is 0 Å². The summed E-state index contributed by atoms with van der Waals surface area (Å²) in [5.74, 6) is -0.0253. The van der Waals surface area contributed by atoms with E-state index in [1.54, 1.807) is 18.4 Å². The molecule has 1 amide bonds. The molecule has 0 saturated heterocycles. The van der Waals surface area contributed by atoms with Crippen molar-refractivity contribution in [3.63, 3.8) is 0 Å². The maximum Gasteiger partial charge on any atom is 0.234 e. The van der Waals surface area contributed by atoms with Crippen molar-refractivity contribution in [1.82, 2.24) is 15.6 Å². The zero-order chi connectivity index (χ0) is 16.7. The Balaban J connectivity index is 1.96. The van der Waals surface area contributed by atoms with Crippen molar-refractivity contribution in [3.8, 4) is 10.6 Å². The predicted octanol–water partition coefficient (Wildman–Crippen LogP) is 2.53. The fourth-order valence-electron chi connectivity index (χ4n) is 2.25. The molecule has 5 nitrogen and oxygen atoms in total. The molecule has 2 rings (SSSR count). The van der Waals surface area contributed by atoms with Crippen LogP contribution >= 0.6 is 11.3 Å². The van der Waals surface area contributed by atoms with Gasteiger partial charge in [0.25, 0.3) is 0 Å². The highest BCUT2D eigenvalue weighted by atomic mass is 32.1. The molecule has 1 atom stereocenters. The maximum absolute atomic E-state index is 11.9. The highest BCUT2D eigenvalue weighted by molar-refractivity contribution is 7.15. The minimum atomic E-state index is -0.0540. The third-order valence-corrected chi connectivity index (χ3v) is 4.78. The zero-order valence-corrected chi connectivity index (χ0v) is 14.6. The van der Waals surface area contributed by atoms with E-state index in [1.165, 1.54) is 0 Å². The number of ether oxygens (including phenoxy) is 1. The molecule has 0 aliphatic heterocycles. The highest BCUT2D eigenvalue weighted by Crippen LogP contribution is 2.31. The average molecular weight is 333 g/mol. The van der Waals surface area contributed by atoms with Gasteiger partial charge in [0, 0.05) is 19.2 Å². The van der Waals surface area contributed by atoms with Crippen molar-refractivity contribution >= 4 is 17.2 Å². The van der Waals surface area contributed by atoms with Gasteiger partial charge in [0.2, 0.25) is 5.91 Å². The van der Waals surface area contributed by atoms with E-state index in [0.29, 0.717) is 13.2 Å². The molecule has 6 heteroatoms. The molecule has 124 valence electrons. The van der Waals surface area contributed by atoms with Crippen molar-refractivity contribution in [2.24, 2.45) is 0 Å². The molecule has 23 heavy (non-hydrogen) atoms. The van der Waals surface area contributed by atoms with Crippen LogP contribution in [0.3, 0.4) is 0 Å². The number of benzene rings is 1. The number of amides is 1. The van der Waals surface area contributed by atoms with Gasteiger partial charge in [0.05, 0.1) is 29.8 Å². The molecule has 2 aromatic rings. The topological polar surface area (TPSA) is 63.2 Å². The molecule has 0 aliphatic carbocycles. The fraction of sp³-hybridized carbons (Fsp3) is 0.412. The smallest absolute Gasteiger partial charge is 0.234 e. The first kappa shape index (κ1) is 17.6. The molecular formula is C17H23N3O2S. The first-order valence-corrected chi connectivity index (χ1v) is 8.45. The van der Waals surface area contributed by atoms with E-state index in [-0.39, 0.29) is 18.5 Å². The van der Waals surface area contributed by atoms with Crippen LogP contribution in [0.5, 0.6) is 0 Å². The second-order valence-electron chi connectivity index (χ2n) is 5.29. The van der Waals surface area contributed by atoms with Gasteiger partial charge in [-0.25, -0.2) is 4.98 Å². The Morgan fingerprint density at radius 3 is 2.78 bits per heavy atom. The summed E-state index contributed by atoms with van der Waals surface area (Å²) in [5.41, 5.74) is 2.07. The Labute approximate surface area is 141 Å². The number of nitrogens with zero attached hydrogens (tertiary/aromatic N) is 1. The SMILES string of the molecule is COCCNCC(=O)NC(C)c1sc(-c2ccccc2)nc1C. The molecule has 0 aliphatic rings. The van der Waals surface area contributed by atoms with Crippen molar-refractivity contribution in [3.05, 3.63) is 40.9 Å². The molecule has 1 unspecified atom stereocenters. The quantitative estimate of drug-likeness (QED) is 0.729. The van der Waals surface area contributed by atoms with E-state index in [2.05, 4.69) is 15.6 Å². The Bertz CT molecular complexity index is 628. The van der Waals surface area contributed by atoms with E-state index in [9.17, 15) is 4.79 Å². The summed E-state index contributed by atoms with van der Waals surface area (Å²) >= 11 is 1.63. The number of carbonyl (C=O) groups excluding carboxylic acids is 1. The molecule has 1 aromatic heterocycles. The van der Waals surface area contributed by atoms with E-state index in [4.69, 9.17) is 4.74 Å². The van der Waals surface area contributed by atoms with Crippen LogP contribution in [-0.2, 0) is 9.53 Å². The molecule has 1 aromatic carbocycles. The molecule has 1 heterocycles. The molecule has 0 saturated carbocycles. The number of aryl methyl sites for hydroxylation is 1. The van der Waals surface area contributed by atoms with Crippen LogP contribution < -0.4 is 10.6 Å². The number of nitrogens with one attached hydrogen (secondary N) is 2. The molecular weight excluding hydrogens is 310 g/mol. The lowest BCUT2D eigenvalue weighted by molar-refractivity contribution is -0.120. The van der Waals surface area contributed by atoms with Crippen LogP contribution in [-0.4, -0.2) is 37.7 Å².